The fourth-order valence-corrected chi connectivity index (χ4v) is 1.40. The molecule has 60 valence electrons. The second-order valence-electron chi connectivity index (χ2n) is 2.83. The highest BCUT2D eigenvalue weighted by atomic mass is 16.5. The first-order chi connectivity index (χ1) is 5.45. The van der Waals surface area contributed by atoms with Gasteiger partial charge in [0.1, 0.15) is 0 Å². The van der Waals surface area contributed by atoms with Crippen LogP contribution in [0.15, 0.2) is 10.9 Å². The van der Waals surface area contributed by atoms with Crippen LogP contribution in [0.25, 0.3) is 0 Å². The molecule has 0 aromatic carbocycles. The van der Waals surface area contributed by atoms with Crippen LogP contribution in [0.1, 0.15) is 18.7 Å². The minimum Gasteiger partial charge on any atom is -0.343 e. The maximum Gasteiger partial charge on any atom is 0.213 e. The largest absolute Gasteiger partial charge is 0.343 e. The lowest BCUT2D eigenvalue weighted by Crippen LogP contribution is -2.18. The van der Waals surface area contributed by atoms with Crippen LogP contribution in [0.3, 0.4) is 0 Å². The Balaban J connectivity index is 1.90. The van der Waals surface area contributed by atoms with E-state index < -0.39 is 0 Å². The summed E-state index contributed by atoms with van der Waals surface area (Å²) in [6.07, 6.45) is 3.99. The molecule has 4 heteroatoms. The van der Waals surface area contributed by atoms with E-state index in [1.165, 1.54) is 32.3 Å². The number of hydrogen-bond acceptors (Lipinski definition) is 4. The first kappa shape index (κ1) is 6.79. The molecule has 11 heavy (non-hydrogen) atoms. The summed E-state index contributed by atoms with van der Waals surface area (Å²) in [4.78, 5) is 6.30. The first-order valence-electron chi connectivity index (χ1n) is 3.93. The first-order valence-corrected chi connectivity index (χ1v) is 3.93. The van der Waals surface area contributed by atoms with Crippen molar-refractivity contribution in [1.29, 1.82) is 0 Å². The average molecular weight is 153 g/mol. The van der Waals surface area contributed by atoms with Gasteiger partial charge in [0, 0.05) is 0 Å². The molecule has 0 bridgehead atoms. The predicted molar refractivity (Wildman–Crippen MR) is 38.8 cm³/mol. The summed E-state index contributed by atoms with van der Waals surface area (Å²) in [6.45, 7) is 3.19. The van der Waals surface area contributed by atoms with Crippen molar-refractivity contribution in [2.24, 2.45) is 0 Å². The minimum absolute atomic E-state index is 0.798. The summed E-state index contributed by atoms with van der Waals surface area (Å²) in [6, 6.07) is 0. The molecule has 0 atom stereocenters. The number of likely N-dealkylation sites (tertiary alicyclic amines) is 1. The van der Waals surface area contributed by atoms with Gasteiger partial charge in [-0.05, 0) is 25.9 Å². The molecular weight excluding hydrogens is 142 g/mol. The van der Waals surface area contributed by atoms with Gasteiger partial charge in [0.15, 0.2) is 5.82 Å². The molecule has 0 N–H and O–H groups in total. The van der Waals surface area contributed by atoms with E-state index in [1.807, 2.05) is 0 Å². The Morgan fingerprint density at radius 1 is 1.45 bits per heavy atom. The third-order valence-corrected chi connectivity index (χ3v) is 1.97. The van der Waals surface area contributed by atoms with E-state index in [-0.39, 0.29) is 0 Å². The highest BCUT2D eigenvalue weighted by Gasteiger charge is 2.13. The van der Waals surface area contributed by atoms with Crippen molar-refractivity contribution in [3.05, 3.63) is 12.2 Å². The maximum absolute atomic E-state index is 4.64. The fourth-order valence-electron chi connectivity index (χ4n) is 1.40. The SMILES string of the molecule is c1nc(CN2CCCC2)no1. The molecule has 0 aliphatic carbocycles. The summed E-state index contributed by atoms with van der Waals surface area (Å²) in [5.74, 6) is 0.798. The zero-order valence-corrected chi connectivity index (χ0v) is 6.36. The van der Waals surface area contributed by atoms with E-state index in [4.69, 9.17) is 0 Å². The van der Waals surface area contributed by atoms with Crippen molar-refractivity contribution in [2.45, 2.75) is 19.4 Å². The van der Waals surface area contributed by atoms with Gasteiger partial charge in [0.25, 0.3) is 0 Å². The van der Waals surface area contributed by atoms with Crippen LogP contribution in [-0.2, 0) is 6.54 Å². The summed E-state index contributed by atoms with van der Waals surface area (Å²) < 4.78 is 4.64. The topological polar surface area (TPSA) is 42.2 Å². The van der Waals surface area contributed by atoms with Crippen LogP contribution in [0.4, 0.5) is 0 Å². The van der Waals surface area contributed by atoms with Crippen molar-refractivity contribution >= 4 is 0 Å². The Kier molecular flexibility index (Phi) is 1.85. The van der Waals surface area contributed by atoms with Gasteiger partial charge in [-0.25, -0.2) is 0 Å². The summed E-state index contributed by atoms with van der Waals surface area (Å²) >= 11 is 0. The zero-order valence-electron chi connectivity index (χ0n) is 6.36. The Morgan fingerprint density at radius 3 is 2.91 bits per heavy atom. The molecule has 0 spiro atoms. The van der Waals surface area contributed by atoms with Gasteiger partial charge < -0.3 is 4.52 Å². The third kappa shape index (κ3) is 1.57. The number of rotatable bonds is 2. The fraction of sp³-hybridized carbons (Fsp3) is 0.714. The standard InChI is InChI=1S/C7H11N3O/c1-2-4-10(3-1)5-7-8-6-11-9-7/h6H,1-5H2. The van der Waals surface area contributed by atoms with E-state index >= 15 is 0 Å². The van der Waals surface area contributed by atoms with E-state index in [0.29, 0.717) is 0 Å². The van der Waals surface area contributed by atoms with Gasteiger partial charge in [0.05, 0.1) is 6.54 Å². The zero-order chi connectivity index (χ0) is 7.52. The van der Waals surface area contributed by atoms with Crippen molar-refractivity contribution in [1.82, 2.24) is 15.0 Å². The Labute approximate surface area is 65.2 Å². The molecule has 0 amide bonds. The van der Waals surface area contributed by atoms with E-state index in [1.54, 1.807) is 0 Å². The van der Waals surface area contributed by atoms with Gasteiger partial charge >= 0.3 is 0 Å². The van der Waals surface area contributed by atoms with E-state index in [9.17, 15) is 0 Å². The highest BCUT2D eigenvalue weighted by Crippen LogP contribution is 2.09. The summed E-state index contributed by atoms with van der Waals surface area (Å²) in [5.41, 5.74) is 0. The van der Waals surface area contributed by atoms with Gasteiger partial charge in [-0.3, -0.25) is 4.90 Å². The summed E-state index contributed by atoms with van der Waals surface area (Å²) in [7, 11) is 0. The number of aromatic nitrogens is 2. The lowest BCUT2D eigenvalue weighted by molar-refractivity contribution is 0.312. The van der Waals surface area contributed by atoms with Crippen LogP contribution < -0.4 is 0 Å². The van der Waals surface area contributed by atoms with Crippen molar-refractivity contribution < 1.29 is 4.52 Å². The smallest absolute Gasteiger partial charge is 0.213 e. The lowest BCUT2D eigenvalue weighted by atomic mass is 10.4. The molecule has 1 saturated heterocycles. The molecule has 1 aliphatic heterocycles. The Bertz CT molecular complexity index is 203. The number of nitrogens with zero attached hydrogens (tertiary/aromatic N) is 3. The molecule has 4 nitrogen and oxygen atoms in total. The lowest BCUT2D eigenvalue weighted by Gasteiger charge is -2.09. The van der Waals surface area contributed by atoms with Crippen molar-refractivity contribution in [2.75, 3.05) is 13.1 Å². The molecule has 0 radical (unpaired) electrons. The van der Waals surface area contributed by atoms with Gasteiger partial charge in [-0.2, -0.15) is 4.98 Å². The van der Waals surface area contributed by atoms with Crippen LogP contribution in [-0.4, -0.2) is 28.1 Å². The molecule has 0 unspecified atom stereocenters. The second-order valence-corrected chi connectivity index (χ2v) is 2.83. The second kappa shape index (κ2) is 3.00. The quantitative estimate of drug-likeness (QED) is 0.626. The molecule has 1 aromatic heterocycles. The predicted octanol–water partition coefficient (Wildman–Crippen LogP) is 0.665. The average Bonchev–Trinajstić information content (AvgIpc) is 2.60. The van der Waals surface area contributed by atoms with Crippen molar-refractivity contribution in [3.63, 3.8) is 0 Å². The molecule has 1 fully saturated rings. The molecule has 0 saturated carbocycles. The monoisotopic (exact) mass is 153 g/mol. The Morgan fingerprint density at radius 2 is 2.27 bits per heavy atom. The van der Waals surface area contributed by atoms with E-state index in [0.717, 1.165) is 12.4 Å². The Hall–Kier alpha value is -0.900. The van der Waals surface area contributed by atoms with E-state index in [2.05, 4.69) is 19.6 Å². The normalized spacial score (nSPS) is 19.3. The van der Waals surface area contributed by atoms with Gasteiger partial charge in [-0.1, -0.05) is 5.16 Å². The minimum atomic E-state index is 0.798. The van der Waals surface area contributed by atoms with Gasteiger partial charge in [-0.15, -0.1) is 0 Å². The molecule has 1 aliphatic rings. The summed E-state index contributed by atoms with van der Waals surface area (Å²) in [5, 5.41) is 3.75. The highest BCUT2D eigenvalue weighted by molar-refractivity contribution is 4.79. The van der Waals surface area contributed by atoms with Gasteiger partial charge in [0.2, 0.25) is 6.39 Å². The number of hydrogen-bond donors (Lipinski definition) is 0. The molecular formula is C7H11N3O. The van der Waals surface area contributed by atoms with Crippen LogP contribution >= 0.6 is 0 Å². The van der Waals surface area contributed by atoms with Crippen molar-refractivity contribution in [3.8, 4) is 0 Å². The van der Waals surface area contributed by atoms with Crippen LogP contribution in [0, 0.1) is 0 Å². The molecule has 1 aromatic rings. The third-order valence-electron chi connectivity index (χ3n) is 1.97. The van der Waals surface area contributed by atoms with Crippen LogP contribution in [0.5, 0.6) is 0 Å². The van der Waals surface area contributed by atoms with Crippen LogP contribution in [0.2, 0.25) is 0 Å². The molecule has 2 heterocycles. The molecule has 2 rings (SSSR count). The maximum atomic E-state index is 4.64.